The molecule has 0 saturated heterocycles. The smallest absolute Gasteiger partial charge is 0.271 e. The second kappa shape index (κ2) is 8.75. The van der Waals surface area contributed by atoms with Gasteiger partial charge in [0.2, 0.25) is 5.91 Å². The fourth-order valence-corrected chi connectivity index (χ4v) is 2.48. The normalized spacial score (nSPS) is 10.4. The average Bonchev–Trinajstić information content (AvgIpc) is 3.19. The van der Waals surface area contributed by atoms with Gasteiger partial charge in [-0.25, -0.2) is 9.97 Å². The van der Waals surface area contributed by atoms with E-state index in [1.54, 1.807) is 42.3 Å². The van der Waals surface area contributed by atoms with Crippen LogP contribution in [0.25, 0.3) is 5.82 Å². The number of benzene rings is 1. The Labute approximate surface area is 157 Å². The van der Waals surface area contributed by atoms with Crippen LogP contribution in [0.3, 0.4) is 0 Å². The van der Waals surface area contributed by atoms with Gasteiger partial charge in [-0.1, -0.05) is 37.3 Å². The first-order valence-electron chi connectivity index (χ1n) is 8.78. The van der Waals surface area contributed by atoms with Gasteiger partial charge in [0.05, 0.1) is 11.9 Å². The molecular weight excluding hydrogens is 342 g/mol. The Bertz CT molecular complexity index is 904. The van der Waals surface area contributed by atoms with E-state index >= 15 is 0 Å². The lowest BCUT2D eigenvalue weighted by atomic mass is 10.1. The lowest BCUT2D eigenvalue weighted by molar-refractivity contribution is -0.115. The second-order valence-electron chi connectivity index (χ2n) is 5.96. The number of nitrogens with zero attached hydrogens (tertiary/aromatic N) is 3. The molecule has 0 aliphatic carbocycles. The summed E-state index contributed by atoms with van der Waals surface area (Å²) < 4.78 is 1.66. The first-order valence-corrected chi connectivity index (χ1v) is 8.78. The predicted molar refractivity (Wildman–Crippen MR) is 103 cm³/mol. The lowest BCUT2D eigenvalue weighted by Gasteiger charge is -2.05. The minimum Gasteiger partial charge on any atom is -0.350 e. The van der Waals surface area contributed by atoms with Crippen molar-refractivity contribution in [2.24, 2.45) is 0 Å². The highest BCUT2D eigenvalue weighted by atomic mass is 16.2. The monoisotopic (exact) mass is 363 g/mol. The summed E-state index contributed by atoms with van der Waals surface area (Å²) in [5, 5.41) is 5.61. The maximum Gasteiger partial charge on any atom is 0.271 e. The number of aromatic nitrogens is 3. The van der Waals surface area contributed by atoms with Gasteiger partial charge in [-0.05, 0) is 24.1 Å². The summed E-state index contributed by atoms with van der Waals surface area (Å²) in [5.41, 5.74) is 2.13. The van der Waals surface area contributed by atoms with Crippen LogP contribution in [0.5, 0.6) is 0 Å². The van der Waals surface area contributed by atoms with Crippen LogP contribution in [-0.2, 0) is 11.2 Å². The van der Waals surface area contributed by atoms with Gasteiger partial charge in [0.1, 0.15) is 17.8 Å². The van der Waals surface area contributed by atoms with E-state index in [9.17, 15) is 9.59 Å². The number of hydrogen-bond donors (Lipinski definition) is 2. The molecule has 138 valence electrons. The molecule has 2 aromatic heterocycles. The molecule has 0 aliphatic rings. The summed E-state index contributed by atoms with van der Waals surface area (Å²) in [4.78, 5) is 32.1. The molecule has 0 atom stereocenters. The molecule has 0 radical (unpaired) electrons. The highest BCUT2D eigenvalue weighted by Gasteiger charge is 2.10. The largest absolute Gasteiger partial charge is 0.350 e. The Morgan fingerprint density at radius 1 is 1.07 bits per heavy atom. The zero-order valence-electron chi connectivity index (χ0n) is 15.1. The SMILES string of the molecule is CCC(=O)Nc1ccc(-n2cnc(C(=O)NCCc3ccccc3)c2)nc1. The van der Waals surface area contributed by atoms with Crippen LogP contribution < -0.4 is 10.6 Å². The van der Waals surface area contributed by atoms with Gasteiger partial charge in [-0.3, -0.25) is 14.2 Å². The number of pyridine rings is 1. The van der Waals surface area contributed by atoms with E-state index in [0.29, 0.717) is 30.2 Å². The molecule has 0 unspecified atom stereocenters. The number of rotatable bonds is 7. The fourth-order valence-electron chi connectivity index (χ4n) is 2.48. The Morgan fingerprint density at radius 2 is 1.89 bits per heavy atom. The summed E-state index contributed by atoms with van der Waals surface area (Å²) >= 11 is 0. The number of anilines is 1. The van der Waals surface area contributed by atoms with Crippen molar-refractivity contribution in [3.63, 3.8) is 0 Å². The maximum absolute atomic E-state index is 12.2. The molecule has 0 fully saturated rings. The summed E-state index contributed by atoms with van der Waals surface area (Å²) in [6, 6.07) is 13.5. The van der Waals surface area contributed by atoms with E-state index in [1.807, 2.05) is 30.3 Å². The molecule has 3 aromatic rings. The maximum atomic E-state index is 12.2. The van der Waals surface area contributed by atoms with Crippen molar-refractivity contribution in [3.8, 4) is 5.82 Å². The lowest BCUT2D eigenvalue weighted by Crippen LogP contribution is -2.26. The van der Waals surface area contributed by atoms with Crippen LogP contribution in [0.4, 0.5) is 5.69 Å². The fraction of sp³-hybridized carbons (Fsp3) is 0.200. The first-order chi connectivity index (χ1) is 13.2. The predicted octanol–water partition coefficient (Wildman–Crippen LogP) is 2.59. The summed E-state index contributed by atoms with van der Waals surface area (Å²) in [6.07, 6.45) is 5.91. The Morgan fingerprint density at radius 3 is 2.59 bits per heavy atom. The van der Waals surface area contributed by atoms with Crippen molar-refractivity contribution in [1.29, 1.82) is 0 Å². The number of hydrogen-bond acceptors (Lipinski definition) is 4. The quantitative estimate of drug-likeness (QED) is 0.675. The van der Waals surface area contributed by atoms with Crippen LogP contribution in [0.15, 0.2) is 61.2 Å². The van der Waals surface area contributed by atoms with E-state index in [0.717, 1.165) is 6.42 Å². The topological polar surface area (TPSA) is 88.9 Å². The Balaban J connectivity index is 1.57. The zero-order valence-corrected chi connectivity index (χ0v) is 15.1. The van der Waals surface area contributed by atoms with Crippen LogP contribution >= 0.6 is 0 Å². The molecule has 2 heterocycles. The Kier molecular flexibility index (Phi) is 5.94. The third-order valence-electron chi connectivity index (χ3n) is 3.97. The van der Waals surface area contributed by atoms with Gasteiger partial charge >= 0.3 is 0 Å². The highest BCUT2D eigenvalue weighted by molar-refractivity contribution is 5.92. The summed E-state index contributed by atoms with van der Waals surface area (Å²) in [7, 11) is 0. The van der Waals surface area contributed by atoms with Gasteiger partial charge in [-0.2, -0.15) is 0 Å². The molecule has 1 aromatic carbocycles. The molecule has 0 saturated carbocycles. The number of carbonyl (C=O) groups excluding carboxylic acids is 2. The van der Waals surface area contributed by atoms with Crippen molar-refractivity contribution in [2.45, 2.75) is 19.8 Å². The third-order valence-corrected chi connectivity index (χ3v) is 3.97. The number of imidazole rings is 1. The number of amides is 2. The number of carbonyl (C=O) groups is 2. The van der Waals surface area contributed by atoms with Crippen molar-refractivity contribution in [3.05, 3.63) is 72.4 Å². The van der Waals surface area contributed by atoms with Gasteiger partial charge in [0, 0.05) is 19.2 Å². The second-order valence-corrected chi connectivity index (χ2v) is 5.96. The van der Waals surface area contributed by atoms with E-state index in [1.165, 1.54) is 5.56 Å². The Hall–Kier alpha value is -3.48. The van der Waals surface area contributed by atoms with Crippen molar-refractivity contribution < 1.29 is 9.59 Å². The van der Waals surface area contributed by atoms with Crippen molar-refractivity contribution >= 4 is 17.5 Å². The molecule has 2 N–H and O–H groups in total. The molecule has 3 rings (SSSR count). The molecule has 0 aliphatic heterocycles. The van der Waals surface area contributed by atoms with E-state index in [4.69, 9.17) is 0 Å². The van der Waals surface area contributed by atoms with Crippen LogP contribution in [-0.4, -0.2) is 32.9 Å². The van der Waals surface area contributed by atoms with Gasteiger partial charge in [0.25, 0.3) is 5.91 Å². The van der Waals surface area contributed by atoms with E-state index in [2.05, 4.69) is 20.6 Å². The van der Waals surface area contributed by atoms with Crippen LogP contribution in [0.1, 0.15) is 29.4 Å². The van der Waals surface area contributed by atoms with Gasteiger partial charge < -0.3 is 10.6 Å². The van der Waals surface area contributed by atoms with Crippen molar-refractivity contribution in [1.82, 2.24) is 19.9 Å². The van der Waals surface area contributed by atoms with Crippen LogP contribution in [0.2, 0.25) is 0 Å². The average molecular weight is 363 g/mol. The molecule has 2 amide bonds. The molecule has 0 spiro atoms. The van der Waals surface area contributed by atoms with E-state index < -0.39 is 0 Å². The minimum atomic E-state index is -0.225. The minimum absolute atomic E-state index is 0.0679. The highest BCUT2D eigenvalue weighted by Crippen LogP contribution is 2.11. The molecule has 7 nitrogen and oxygen atoms in total. The van der Waals surface area contributed by atoms with E-state index in [-0.39, 0.29) is 11.8 Å². The van der Waals surface area contributed by atoms with Crippen molar-refractivity contribution in [2.75, 3.05) is 11.9 Å². The zero-order chi connectivity index (χ0) is 19.1. The molecular formula is C20H21N5O2. The summed E-state index contributed by atoms with van der Waals surface area (Å²) in [6.45, 7) is 2.33. The van der Waals surface area contributed by atoms with Crippen LogP contribution in [0, 0.1) is 0 Å². The third kappa shape index (κ3) is 5.01. The standard InChI is InChI=1S/C20H21N5O2/c1-2-19(26)24-16-8-9-18(22-12-16)25-13-17(23-14-25)20(27)21-11-10-15-6-4-3-5-7-15/h3-9,12-14H,2,10-11H2,1H3,(H,21,27)(H,24,26). The molecule has 7 heteroatoms. The first kappa shape index (κ1) is 18.3. The summed E-state index contributed by atoms with van der Waals surface area (Å²) in [5.74, 6) is 0.318. The van der Waals surface area contributed by atoms with Gasteiger partial charge in [-0.15, -0.1) is 0 Å². The number of nitrogens with one attached hydrogen (secondary N) is 2. The molecule has 27 heavy (non-hydrogen) atoms. The molecule has 0 bridgehead atoms. The van der Waals surface area contributed by atoms with Gasteiger partial charge in [0.15, 0.2) is 0 Å².